The number of carbonyl (C=O) groups is 2. The first-order chi connectivity index (χ1) is 10.2. The van der Waals surface area contributed by atoms with Gasteiger partial charge in [-0.3, -0.25) is 14.3 Å². The molecule has 0 fully saturated rings. The maximum absolute atomic E-state index is 12.4. The van der Waals surface area contributed by atoms with E-state index in [1.54, 1.807) is 30.3 Å². The molecule has 1 N–H and O–H groups in total. The Labute approximate surface area is 121 Å². The van der Waals surface area contributed by atoms with Gasteiger partial charge in [-0.2, -0.15) is 5.10 Å². The van der Waals surface area contributed by atoms with Crippen LogP contribution in [0.3, 0.4) is 0 Å². The van der Waals surface area contributed by atoms with Gasteiger partial charge in [0.15, 0.2) is 5.76 Å². The van der Waals surface area contributed by atoms with E-state index in [4.69, 9.17) is 4.42 Å². The van der Waals surface area contributed by atoms with Gasteiger partial charge in [0.2, 0.25) is 5.91 Å². The summed E-state index contributed by atoms with van der Waals surface area (Å²) in [6, 6.07) is 5.02. The molecule has 0 spiro atoms. The molecule has 0 radical (unpaired) electrons. The maximum atomic E-state index is 12.4. The molecule has 2 amide bonds. The smallest absolute Gasteiger partial charge is 0.289 e. The molecule has 0 bridgehead atoms. The van der Waals surface area contributed by atoms with Crippen molar-refractivity contribution in [2.45, 2.75) is 19.0 Å². The van der Waals surface area contributed by atoms with E-state index < -0.39 is 0 Å². The first-order valence-electron chi connectivity index (χ1n) is 6.75. The molecule has 2 aromatic rings. The Bertz CT molecular complexity index is 647. The Morgan fingerprint density at radius 1 is 1.48 bits per heavy atom. The average Bonchev–Trinajstić information content (AvgIpc) is 3.17. The second kappa shape index (κ2) is 5.43. The van der Waals surface area contributed by atoms with Crippen molar-refractivity contribution in [3.8, 4) is 0 Å². The summed E-state index contributed by atoms with van der Waals surface area (Å²) in [7, 11) is 1.60. The third kappa shape index (κ3) is 2.54. The maximum Gasteiger partial charge on any atom is 0.289 e. The first-order valence-corrected chi connectivity index (χ1v) is 6.75. The lowest BCUT2D eigenvalue weighted by atomic mass is 10.1. The number of fused-ring (bicyclic) bond motifs is 1. The molecule has 2 aromatic heterocycles. The van der Waals surface area contributed by atoms with Gasteiger partial charge in [0.25, 0.3) is 5.91 Å². The Balaban J connectivity index is 1.83. The van der Waals surface area contributed by atoms with Crippen molar-refractivity contribution in [1.82, 2.24) is 20.0 Å². The van der Waals surface area contributed by atoms with Crippen LogP contribution in [0.5, 0.6) is 0 Å². The molecule has 1 atom stereocenters. The molecular formula is C14H16N4O3. The van der Waals surface area contributed by atoms with E-state index in [-0.39, 0.29) is 24.3 Å². The van der Waals surface area contributed by atoms with E-state index in [9.17, 15) is 9.59 Å². The summed E-state index contributed by atoms with van der Waals surface area (Å²) in [6.07, 6.45) is 3.45. The molecule has 1 unspecified atom stereocenters. The molecule has 7 heteroatoms. The van der Waals surface area contributed by atoms with Crippen LogP contribution in [0.25, 0.3) is 0 Å². The molecule has 0 saturated heterocycles. The lowest BCUT2D eigenvalue weighted by Crippen LogP contribution is -2.42. The zero-order valence-electron chi connectivity index (χ0n) is 11.7. The van der Waals surface area contributed by atoms with E-state index in [0.29, 0.717) is 18.8 Å². The molecule has 0 aliphatic carbocycles. The quantitative estimate of drug-likeness (QED) is 0.906. The third-order valence-corrected chi connectivity index (χ3v) is 3.60. The first kappa shape index (κ1) is 13.4. The lowest BCUT2D eigenvalue weighted by Gasteiger charge is -2.33. The zero-order chi connectivity index (χ0) is 14.8. The van der Waals surface area contributed by atoms with Gasteiger partial charge in [-0.1, -0.05) is 0 Å². The van der Waals surface area contributed by atoms with Gasteiger partial charge in [0.1, 0.15) is 0 Å². The zero-order valence-corrected chi connectivity index (χ0v) is 11.7. The van der Waals surface area contributed by atoms with Crippen molar-refractivity contribution in [2.24, 2.45) is 0 Å². The Morgan fingerprint density at radius 2 is 2.33 bits per heavy atom. The van der Waals surface area contributed by atoms with Crippen molar-refractivity contribution >= 4 is 11.8 Å². The van der Waals surface area contributed by atoms with Crippen molar-refractivity contribution < 1.29 is 14.0 Å². The fourth-order valence-corrected chi connectivity index (χ4v) is 2.57. The number of rotatable bonds is 3. The van der Waals surface area contributed by atoms with Gasteiger partial charge < -0.3 is 14.6 Å². The second-order valence-electron chi connectivity index (χ2n) is 4.96. The van der Waals surface area contributed by atoms with Crippen LogP contribution in [0.2, 0.25) is 0 Å². The summed E-state index contributed by atoms with van der Waals surface area (Å²) in [5.74, 6) is 0.0600. The van der Waals surface area contributed by atoms with Gasteiger partial charge in [-0.25, -0.2) is 0 Å². The second-order valence-corrected chi connectivity index (χ2v) is 4.96. The summed E-state index contributed by atoms with van der Waals surface area (Å²) in [6.45, 7) is 0.894. The minimum atomic E-state index is -0.172. The van der Waals surface area contributed by atoms with Gasteiger partial charge in [-0.05, 0) is 18.2 Å². The van der Waals surface area contributed by atoms with E-state index in [2.05, 4.69) is 10.4 Å². The summed E-state index contributed by atoms with van der Waals surface area (Å²) >= 11 is 0. The Hall–Kier alpha value is -2.57. The van der Waals surface area contributed by atoms with Crippen LogP contribution < -0.4 is 5.32 Å². The number of aromatic nitrogens is 2. The summed E-state index contributed by atoms with van der Waals surface area (Å²) in [5, 5.41) is 6.86. The highest BCUT2D eigenvalue weighted by Gasteiger charge is 2.31. The van der Waals surface area contributed by atoms with Crippen LogP contribution in [-0.4, -0.2) is 40.1 Å². The van der Waals surface area contributed by atoms with E-state index in [1.807, 2.05) is 10.7 Å². The number of carbonyl (C=O) groups excluding carboxylic acids is 2. The SMILES string of the molecule is CNC(=O)CC1CN(C(=O)c2ccco2)Cc2ccnn21. The van der Waals surface area contributed by atoms with Crippen molar-refractivity contribution in [3.63, 3.8) is 0 Å². The highest BCUT2D eigenvalue weighted by atomic mass is 16.3. The molecular weight excluding hydrogens is 272 g/mol. The topological polar surface area (TPSA) is 80.4 Å². The van der Waals surface area contributed by atoms with E-state index in [1.165, 1.54) is 6.26 Å². The van der Waals surface area contributed by atoms with Crippen LogP contribution in [-0.2, 0) is 11.3 Å². The lowest BCUT2D eigenvalue weighted by molar-refractivity contribution is -0.121. The standard InChI is InChI=1S/C14H16N4O3/c1-15-13(19)7-11-9-17(8-10-4-5-16-18(10)11)14(20)12-3-2-6-21-12/h2-6,11H,7-9H2,1H3,(H,15,19). The number of hydrogen-bond acceptors (Lipinski definition) is 4. The van der Waals surface area contributed by atoms with Crippen molar-refractivity contribution in [3.05, 3.63) is 42.1 Å². The van der Waals surface area contributed by atoms with Gasteiger partial charge in [0, 0.05) is 19.8 Å². The molecule has 0 saturated carbocycles. The Kier molecular flexibility index (Phi) is 3.47. The molecule has 1 aliphatic heterocycles. The fraction of sp³-hybridized carbons (Fsp3) is 0.357. The highest BCUT2D eigenvalue weighted by Crippen LogP contribution is 2.24. The number of furan rings is 1. The minimum absolute atomic E-state index is 0.0752. The Morgan fingerprint density at radius 3 is 3.05 bits per heavy atom. The van der Waals surface area contributed by atoms with Crippen molar-refractivity contribution in [1.29, 1.82) is 0 Å². The average molecular weight is 288 g/mol. The number of nitrogens with one attached hydrogen (secondary N) is 1. The fourth-order valence-electron chi connectivity index (χ4n) is 2.57. The molecule has 1 aliphatic rings. The third-order valence-electron chi connectivity index (χ3n) is 3.60. The largest absolute Gasteiger partial charge is 0.459 e. The van der Waals surface area contributed by atoms with Crippen LogP contribution >= 0.6 is 0 Å². The van der Waals surface area contributed by atoms with E-state index >= 15 is 0 Å². The molecule has 21 heavy (non-hydrogen) atoms. The van der Waals surface area contributed by atoms with Crippen molar-refractivity contribution in [2.75, 3.05) is 13.6 Å². The predicted octanol–water partition coefficient (Wildman–Crippen LogP) is 0.809. The normalized spacial score (nSPS) is 17.4. The van der Waals surface area contributed by atoms with Gasteiger partial charge >= 0.3 is 0 Å². The minimum Gasteiger partial charge on any atom is -0.459 e. The number of hydrogen-bond donors (Lipinski definition) is 1. The monoisotopic (exact) mass is 288 g/mol. The summed E-state index contributed by atoms with van der Waals surface area (Å²) in [5.41, 5.74) is 0.912. The number of nitrogens with zero attached hydrogens (tertiary/aromatic N) is 3. The summed E-state index contributed by atoms with van der Waals surface area (Å²) < 4.78 is 6.98. The number of amides is 2. The molecule has 0 aromatic carbocycles. The van der Waals surface area contributed by atoms with E-state index in [0.717, 1.165) is 5.69 Å². The molecule has 3 rings (SSSR count). The van der Waals surface area contributed by atoms with Crippen LogP contribution in [0.1, 0.15) is 28.7 Å². The van der Waals surface area contributed by atoms with Crippen LogP contribution in [0.15, 0.2) is 35.1 Å². The molecule has 3 heterocycles. The van der Waals surface area contributed by atoms with Crippen LogP contribution in [0, 0.1) is 0 Å². The van der Waals surface area contributed by atoms with Crippen LogP contribution in [0.4, 0.5) is 0 Å². The highest BCUT2D eigenvalue weighted by molar-refractivity contribution is 5.91. The van der Waals surface area contributed by atoms with Gasteiger partial charge in [-0.15, -0.1) is 0 Å². The van der Waals surface area contributed by atoms with Gasteiger partial charge in [0.05, 0.1) is 31.0 Å². The molecule has 110 valence electrons. The summed E-state index contributed by atoms with van der Waals surface area (Å²) in [4.78, 5) is 25.7. The molecule has 7 nitrogen and oxygen atoms in total. The predicted molar refractivity (Wildman–Crippen MR) is 73.4 cm³/mol.